The molecule has 0 aromatic heterocycles. The van der Waals surface area contributed by atoms with Crippen molar-refractivity contribution in [2.75, 3.05) is 0 Å². The van der Waals surface area contributed by atoms with Crippen LogP contribution in [0.4, 0.5) is 13.2 Å². The second kappa shape index (κ2) is 4.09. The first-order valence-electron chi connectivity index (χ1n) is 5.39. The van der Waals surface area contributed by atoms with Gasteiger partial charge in [0, 0.05) is 6.04 Å². The van der Waals surface area contributed by atoms with Crippen molar-refractivity contribution < 1.29 is 13.2 Å². The van der Waals surface area contributed by atoms with Gasteiger partial charge in [0.2, 0.25) is 0 Å². The first-order chi connectivity index (χ1) is 7.47. The minimum atomic E-state index is -4.26. The number of rotatable bonds is 3. The highest BCUT2D eigenvalue weighted by Crippen LogP contribution is 2.37. The third-order valence-electron chi connectivity index (χ3n) is 2.95. The molecule has 88 valence electrons. The molecule has 0 heterocycles. The maximum absolute atomic E-state index is 12.3. The molecular weight excluding hydrogens is 215 g/mol. The average molecular weight is 229 g/mol. The average Bonchev–Trinajstić information content (AvgIpc) is 3.00. The lowest BCUT2D eigenvalue weighted by molar-refractivity contribution is -0.137. The van der Waals surface area contributed by atoms with Crippen LogP contribution < -0.4 is 5.73 Å². The van der Waals surface area contributed by atoms with Gasteiger partial charge in [-0.2, -0.15) is 13.2 Å². The van der Waals surface area contributed by atoms with Crippen LogP contribution in [0.5, 0.6) is 0 Å². The lowest BCUT2D eigenvalue weighted by atomic mass is 10.0. The van der Waals surface area contributed by atoms with Gasteiger partial charge in [-0.1, -0.05) is 25.0 Å². The van der Waals surface area contributed by atoms with Crippen LogP contribution in [0.1, 0.15) is 36.4 Å². The molecule has 0 saturated heterocycles. The van der Waals surface area contributed by atoms with E-state index in [0.29, 0.717) is 5.92 Å². The first kappa shape index (κ1) is 11.5. The summed E-state index contributed by atoms with van der Waals surface area (Å²) in [7, 11) is 0. The Bertz CT molecular complexity index is 352. The number of hydrogen-bond acceptors (Lipinski definition) is 1. The molecule has 16 heavy (non-hydrogen) atoms. The SMILES string of the molecule is NC(CC1CC1)c1ccc(C(F)(F)F)cc1. The maximum Gasteiger partial charge on any atom is 0.416 e. The van der Waals surface area contributed by atoms with Crippen LogP contribution in [0.3, 0.4) is 0 Å². The smallest absolute Gasteiger partial charge is 0.324 e. The third kappa shape index (κ3) is 2.76. The largest absolute Gasteiger partial charge is 0.416 e. The van der Waals surface area contributed by atoms with Crippen molar-refractivity contribution in [2.24, 2.45) is 11.7 Å². The highest BCUT2D eigenvalue weighted by Gasteiger charge is 2.30. The van der Waals surface area contributed by atoms with E-state index >= 15 is 0 Å². The van der Waals surface area contributed by atoms with E-state index in [-0.39, 0.29) is 6.04 Å². The molecule has 4 heteroatoms. The molecule has 0 radical (unpaired) electrons. The van der Waals surface area contributed by atoms with Gasteiger partial charge in [0.25, 0.3) is 0 Å². The molecular formula is C12H14F3N. The van der Waals surface area contributed by atoms with Crippen molar-refractivity contribution in [3.63, 3.8) is 0 Å². The number of alkyl halides is 3. The van der Waals surface area contributed by atoms with Gasteiger partial charge in [0.1, 0.15) is 0 Å². The predicted molar refractivity (Wildman–Crippen MR) is 55.7 cm³/mol. The van der Waals surface area contributed by atoms with E-state index < -0.39 is 11.7 Å². The van der Waals surface area contributed by atoms with Crippen LogP contribution in [-0.4, -0.2) is 0 Å². The number of hydrogen-bond donors (Lipinski definition) is 1. The first-order valence-corrected chi connectivity index (χ1v) is 5.39. The Morgan fingerprint density at radius 3 is 2.19 bits per heavy atom. The van der Waals surface area contributed by atoms with E-state index in [2.05, 4.69) is 0 Å². The lowest BCUT2D eigenvalue weighted by Crippen LogP contribution is -2.12. The summed E-state index contributed by atoms with van der Waals surface area (Å²) in [5, 5.41) is 0. The Hall–Kier alpha value is -1.03. The summed E-state index contributed by atoms with van der Waals surface area (Å²) in [6.07, 6.45) is -0.979. The highest BCUT2D eigenvalue weighted by molar-refractivity contribution is 5.26. The van der Waals surface area contributed by atoms with Crippen molar-refractivity contribution in [3.8, 4) is 0 Å². The zero-order valence-electron chi connectivity index (χ0n) is 8.80. The molecule has 2 rings (SSSR count). The topological polar surface area (TPSA) is 26.0 Å². The highest BCUT2D eigenvalue weighted by atomic mass is 19.4. The van der Waals surface area contributed by atoms with E-state index in [4.69, 9.17) is 5.73 Å². The Labute approximate surface area is 92.5 Å². The Morgan fingerprint density at radius 2 is 1.75 bits per heavy atom. The van der Waals surface area contributed by atoms with E-state index in [1.165, 1.54) is 25.0 Å². The third-order valence-corrected chi connectivity index (χ3v) is 2.95. The molecule has 0 spiro atoms. The van der Waals surface area contributed by atoms with Crippen molar-refractivity contribution in [2.45, 2.75) is 31.5 Å². The van der Waals surface area contributed by atoms with E-state index in [1.807, 2.05) is 0 Å². The van der Waals surface area contributed by atoms with Crippen molar-refractivity contribution >= 4 is 0 Å². The summed E-state index contributed by atoms with van der Waals surface area (Å²) < 4.78 is 36.9. The normalized spacial score (nSPS) is 18.5. The fourth-order valence-corrected chi connectivity index (χ4v) is 1.77. The summed E-state index contributed by atoms with van der Waals surface area (Å²) in [5.41, 5.74) is 6.09. The van der Waals surface area contributed by atoms with Crippen LogP contribution in [-0.2, 0) is 6.18 Å². The Morgan fingerprint density at radius 1 is 1.19 bits per heavy atom. The molecule has 1 aliphatic rings. The molecule has 1 aromatic rings. The Balaban J connectivity index is 2.05. The fraction of sp³-hybridized carbons (Fsp3) is 0.500. The quantitative estimate of drug-likeness (QED) is 0.843. The summed E-state index contributed by atoms with van der Waals surface area (Å²) in [5.74, 6) is 0.678. The number of nitrogens with two attached hydrogens (primary N) is 1. The summed E-state index contributed by atoms with van der Waals surface area (Å²) in [4.78, 5) is 0. The fourth-order valence-electron chi connectivity index (χ4n) is 1.77. The van der Waals surface area contributed by atoms with Gasteiger partial charge in [-0.05, 0) is 30.0 Å². The van der Waals surface area contributed by atoms with Crippen LogP contribution in [0.2, 0.25) is 0 Å². The molecule has 1 nitrogen and oxygen atoms in total. The maximum atomic E-state index is 12.3. The van der Waals surface area contributed by atoms with Gasteiger partial charge in [0.15, 0.2) is 0 Å². The molecule has 1 aromatic carbocycles. The predicted octanol–water partition coefficient (Wildman–Crippen LogP) is 3.51. The van der Waals surface area contributed by atoms with Crippen molar-refractivity contribution in [3.05, 3.63) is 35.4 Å². The van der Waals surface area contributed by atoms with Gasteiger partial charge >= 0.3 is 6.18 Å². The van der Waals surface area contributed by atoms with Crippen LogP contribution >= 0.6 is 0 Å². The second-order valence-corrected chi connectivity index (χ2v) is 4.41. The zero-order chi connectivity index (χ0) is 11.8. The van der Waals surface area contributed by atoms with Crippen LogP contribution in [0, 0.1) is 5.92 Å². The van der Waals surface area contributed by atoms with Gasteiger partial charge in [0.05, 0.1) is 5.56 Å². The molecule has 0 bridgehead atoms. The van der Waals surface area contributed by atoms with E-state index in [1.54, 1.807) is 0 Å². The van der Waals surface area contributed by atoms with E-state index in [9.17, 15) is 13.2 Å². The lowest BCUT2D eigenvalue weighted by Gasteiger charge is -2.13. The van der Waals surface area contributed by atoms with Crippen molar-refractivity contribution in [1.82, 2.24) is 0 Å². The standard InChI is InChI=1S/C12H14F3N/c13-12(14,15)10-5-3-9(4-6-10)11(16)7-8-1-2-8/h3-6,8,11H,1-2,7,16H2. The number of halogens is 3. The second-order valence-electron chi connectivity index (χ2n) is 4.41. The Kier molecular flexibility index (Phi) is 2.93. The molecule has 2 N–H and O–H groups in total. The molecule has 0 aliphatic heterocycles. The van der Waals surface area contributed by atoms with Crippen LogP contribution in [0.15, 0.2) is 24.3 Å². The zero-order valence-corrected chi connectivity index (χ0v) is 8.80. The van der Waals surface area contributed by atoms with E-state index in [0.717, 1.165) is 24.1 Å². The van der Waals surface area contributed by atoms with Gasteiger partial charge in [-0.25, -0.2) is 0 Å². The monoisotopic (exact) mass is 229 g/mol. The molecule has 1 aliphatic carbocycles. The summed E-state index contributed by atoms with van der Waals surface area (Å²) in [6.45, 7) is 0. The van der Waals surface area contributed by atoms with Gasteiger partial charge in [-0.3, -0.25) is 0 Å². The summed E-state index contributed by atoms with van der Waals surface area (Å²) >= 11 is 0. The van der Waals surface area contributed by atoms with Crippen LogP contribution in [0.25, 0.3) is 0 Å². The minimum Gasteiger partial charge on any atom is -0.324 e. The minimum absolute atomic E-state index is 0.130. The molecule has 1 unspecified atom stereocenters. The van der Waals surface area contributed by atoms with Gasteiger partial charge < -0.3 is 5.73 Å². The molecule has 1 atom stereocenters. The summed E-state index contributed by atoms with van der Waals surface area (Å²) in [6, 6.07) is 5.03. The van der Waals surface area contributed by atoms with Crippen molar-refractivity contribution in [1.29, 1.82) is 0 Å². The molecule has 1 saturated carbocycles. The van der Waals surface area contributed by atoms with Gasteiger partial charge in [-0.15, -0.1) is 0 Å². The number of benzene rings is 1. The molecule has 1 fully saturated rings. The molecule has 0 amide bonds.